The summed E-state index contributed by atoms with van der Waals surface area (Å²) in [6, 6.07) is 6.03. The molecule has 2 rings (SSSR count). The van der Waals surface area contributed by atoms with E-state index in [1.54, 1.807) is 26.0 Å². The first-order valence-electron chi connectivity index (χ1n) is 6.57. The number of aryl methyl sites for hydroxylation is 2. The van der Waals surface area contributed by atoms with Crippen molar-refractivity contribution in [2.24, 2.45) is 5.14 Å². The van der Waals surface area contributed by atoms with Crippen molar-refractivity contribution in [3.63, 3.8) is 0 Å². The number of aromatic nitrogens is 1. The van der Waals surface area contributed by atoms with Gasteiger partial charge in [-0.2, -0.15) is 0 Å². The molecule has 2 aromatic rings. The molecule has 1 aromatic heterocycles. The van der Waals surface area contributed by atoms with E-state index in [-0.39, 0.29) is 17.2 Å². The van der Waals surface area contributed by atoms with Crippen LogP contribution < -0.4 is 10.5 Å². The molecule has 0 aliphatic rings. The van der Waals surface area contributed by atoms with Gasteiger partial charge >= 0.3 is 0 Å². The molecule has 7 nitrogen and oxygen atoms in total. The highest BCUT2D eigenvalue weighted by Crippen LogP contribution is 2.13. The number of hydrogen-bond donors (Lipinski definition) is 2. The maximum absolute atomic E-state index is 11.9. The minimum absolute atomic E-state index is 0.0401. The second-order valence-corrected chi connectivity index (χ2v) is 6.51. The quantitative estimate of drug-likeness (QED) is 0.844. The molecule has 0 aliphatic heterocycles. The molecule has 0 spiro atoms. The van der Waals surface area contributed by atoms with Crippen molar-refractivity contribution in [1.82, 2.24) is 10.5 Å². The third kappa shape index (κ3) is 3.92. The molecule has 0 unspecified atom stereocenters. The van der Waals surface area contributed by atoms with Crippen LogP contribution in [0.3, 0.4) is 0 Å². The van der Waals surface area contributed by atoms with Crippen molar-refractivity contribution < 1.29 is 17.7 Å². The zero-order valence-electron chi connectivity index (χ0n) is 12.3. The number of nitrogens with one attached hydrogen (secondary N) is 1. The summed E-state index contributed by atoms with van der Waals surface area (Å²) in [4.78, 5) is 12.0. The van der Waals surface area contributed by atoms with Gasteiger partial charge in [0.25, 0.3) is 0 Å². The third-order valence-electron chi connectivity index (χ3n) is 3.26. The number of carbonyl (C=O) groups excluding carboxylic acids is 1. The van der Waals surface area contributed by atoms with Gasteiger partial charge in [0.1, 0.15) is 5.76 Å². The summed E-state index contributed by atoms with van der Waals surface area (Å²) in [5, 5.41) is 11.6. The predicted octanol–water partition coefficient (Wildman–Crippen LogP) is 0.798. The smallest absolute Gasteiger partial charge is 0.238 e. The minimum atomic E-state index is -3.70. The summed E-state index contributed by atoms with van der Waals surface area (Å²) < 4.78 is 27.3. The highest BCUT2D eigenvalue weighted by Gasteiger charge is 2.13. The van der Waals surface area contributed by atoms with Gasteiger partial charge in [0, 0.05) is 12.1 Å². The average Bonchev–Trinajstić information content (AvgIpc) is 2.76. The number of rotatable bonds is 5. The summed E-state index contributed by atoms with van der Waals surface area (Å²) in [7, 11) is -3.70. The Kier molecular flexibility index (Phi) is 4.62. The van der Waals surface area contributed by atoms with Gasteiger partial charge in [-0.1, -0.05) is 17.3 Å². The Labute approximate surface area is 128 Å². The molecular formula is C14H17N3O4S. The van der Waals surface area contributed by atoms with Gasteiger partial charge in [-0.3, -0.25) is 4.79 Å². The largest absolute Gasteiger partial charge is 0.361 e. The first-order chi connectivity index (χ1) is 10.3. The van der Waals surface area contributed by atoms with Crippen molar-refractivity contribution in [3.8, 4) is 0 Å². The molecule has 0 aliphatic carbocycles. The Morgan fingerprint density at radius 2 is 1.91 bits per heavy atom. The van der Waals surface area contributed by atoms with Crippen molar-refractivity contribution in [2.75, 3.05) is 0 Å². The molecule has 0 bridgehead atoms. The van der Waals surface area contributed by atoms with E-state index >= 15 is 0 Å². The van der Waals surface area contributed by atoms with Crippen LogP contribution >= 0.6 is 0 Å². The molecule has 0 saturated carbocycles. The standard InChI is InChI=1S/C14H17N3O4S/c1-9-13(10(2)21-17-9)7-14(18)16-8-11-3-5-12(6-4-11)22(15,19)20/h3-6H,7-8H2,1-2H3,(H,16,18)(H2,15,19,20). The van der Waals surface area contributed by atoms with E-state index in [1.165, 1.54) is 12.1 Å². The van der Waals surface area contributed by atoms with Crippen molar-refractivity contribution in [1.29, 1.82) is 0 Å². The molecule has 0 radical (unpaired) electrons. The van der Waals surface area contributed by atoms with E-state index in [2.05, 4.69) is 10.5 Å². The van der Waals surface area contributed by atoms with E-state index in [9.17, 15) is 13.2 Å². The second kappa shape index (κ2) is 6.29. The zero-order valence-corrected chi connectivity index (χ0v) is 13.1. The SMILES string of the molecule is Cc1noc(C)c1CC(=O)NCc1ccc(S(N)(=O)=O)cc1. The number of amides is 1. The number of nitrogens with two attached hydrogens (primary N) is 1. The van der Waals surface area contributed by atoms with Gasteiger partial charge in [-0.15, -0.1) is 0 Å². The van der Waals surface area contributed by atoms with Gasteiger partial charge in [0.2, 0.25) is 15.9 Å². The third-order valence-corrected chi connectivity index (χ3v) is 4.19. The van der Waals surface area contributed by atoms with Gasteiger partial charge in [-0.05, 0) is 31.5 Å². The summed E-state index contributed by atoms with van der Waals surface area (Å²) in [6.45, 7) is 3.84. The van der Waals surface area contributed by atoms with E-state index in [4.69, 9.17) is 9.66 Å². The van der Waals surface area contributed by atoms with Gasteiger partial charge < -0.3 is 9.84 Å². The van der Waals surface area contributed by atoms with Crippen LogP contribution in [0, 0.1) is 13.8 Å². The van der Waals surface area contributed by atoms with Gasteiger partial charge in [-0.25, -0.2) is 13.6 Å². The van der Waals surface area contributed by atoms with Gasteiger partial charge in [0.15, 0.2) is 0 Å². The molecule has 3 N–H and O–H groups in total. The molecule has 1 aromatic carbocycles. The van der Waals surface area contributed by atoms with E-state index < -0.39 is 10.0 Å². The van der Waals surface area contributed by atoms with Crippen LogP contribution in [0.15, 0.2) is 33.7 Å². The molecule has 0 atom stereocenters. The van der Waals surface area contributed by atoms with Crippen LogP contribution in [0.4, 0.5) is 0 Å². The highest BCUT2D eigenvalue weighted by molar-refractivity contribution is 7.89. The van der Waals surface area contributed by atoms with Crippen LogP contribution in [-0.2, 0) is 27.8 Å². The molecule has 22 heavy (non-hydrogen) atoms. The molecular weight excluding hydrogens is 306 g/mol. The van der Waals surface area contributed by atoms with Crippen molar-refractivity contribution in [2.45, 2.75) is 31.7 Å². The van der Waals surface area contributed by atoms with E-state index in [1.807, 2.05) is 0 Å². The lowest BCUT2D eigenvalue weighted by atomic mass is 10.1. The Morgan fingerprint density at radius 1 is 1.27 bits per heavy atom. The highest BCUT2D eigenvalue weighted by atomic mass is 32.2. The Morgan fingerprint density at radius 3 is 2.41 bits per heavy atom. The number of primary sulfonamides is 1. The monoisotopic (exact) mass is 323 g/mol. The van der Waals surface area contributed by atoms with Crippen LogP contribution in [0.1, 0.15) is 22.6 Å². The molecule has 0 saturated heterocycles. The first kappa shape index (κ1) is 16.2. The van der Waals surface area contributed by atoms with Gasteiger partial charge in [0.05, 0.1) is 17.0 Å². The summed E-state index contributed by atoms with van der Waals surface area (Å²) in [6.07, 6.45) is 0.191. The maximum Gasteiger partial charge on any atom is 0.238 e. The number of hydrogen-bond acceptors (Lipinski definition) is 5. The Balaban J connectivity index is 1.94. The minimum Gasteiger partial charge on any atom is -0.361 e. The topological polar surface area (TPSA) is 115 Å². The van der Waals surface area contributed by atoms with E-state index in [0.717, 1.165) is 11.1 Å². The second-order valence-electron chi connectivity index (χ2n) is 4.95. The van der Waals surface area contributed by atoms with E-state index in [0.29, 0.717) is 18.0 Å². The predicted molar refractivity (Wildman–Crippen MR) is 79.3 cm³/mol. The number of carbonyl (C=O) groups is 1. The molecule has 118 valence electrons. The summed E-state index contributed by atoms with van der Waals surface area (Å²) in [5.41, 5.74) is 2.26. The Bertz CT molecular complexity index is 759. The average molecular weight is 323 g/mol. The molecule has 1 amide bonds. The fourth-order valence-corrected chi connectivity index (χ4v) is 2.49. The zero-order chi connectivity index (χ0) is 16.3. The number of sulfonamides is 1. The normalized spacial score (nSPS) is 11.4. The molecule has 1 heterocycles. The van der Waals surface area contributed by atoms with Crippen molar-refractivity contribution >= 4 is 15.9 Å². The number of nitrogens with zero attached hydrogens (tertiary/aromatic N) is 1. The van der Waals surface area contributed by atoms with Crippen LogP contribution in [-0.4, -0.2) is 19.5 Å². The fourth-order valence-electron chi connectivity index (χ4n) is 1.97. The summed E-state index contributed by atoms with van der Waals surface area (Å²) >= 11 is 0. The Hall–Kier alpha value is -2.19. The molecule has 0 fully saturated rings. The lowest BCUT2D eigenvalue weighted by molar-refractivity contribution is -0.120. The first-order valence-corrected chi connectivity index (χ1v) is 8.12. The lowest BCUT2D eigenvalue weighted by Gasteiger charge is -2.06. The van der Waals surface area contributed by atoms with Crippen LogP contribution in [0.5, 0.6) is 0 Å². The van der Waals surface area contributed by atoms with Crippen LogP contribution in [0.25, 0.3) is 0 Å². The summed E-state index contributed by atoms with van der Waals surface area (Å²) in [5.74, 6) is 0.468. The molecule has 8 heteroatoms. The maximum atomic E-state index is 11.9. The number of benzene rings is 1. The lowest BCUT2D eigenvalue weighted by Crippen LogP contribution is -2.25. The van der Waals surface area contributed by atoms with Crippen LogP contribution in [0.2, 0.25) is 0 Å². The van der Waals surface area contributed by atoms with Crippen molar-refractivity contribution in [3.05, 3.63) is 46.8 Å². The fraction of sp³-hybridized carbons (Fsp3) is 0.286.